The fraction of sp³-hybridized carbons (Fsp3) is 0.700. The fourth-order valence-corrected chi connectivity index (χ4v) is 4.27. The first-order valence-corrected chi connectivity index (χ1v) is 6.90. The van der Waals surface area contributed by atoms with E-state index in [-0.39, 0.29) is 0 Å². The van der Waals surface area contributed by atoms with Crippen molar-refractivity contribution in [1.29, 1.82) is 0 Å². The number of thioether (sulfide) groups is 1. The lowest BCUT2D eigenvalue weighted by Gasteiger charge is -2.01. The Kier molecular flexibility index (Phi) is 3.47. The highest BCUT2D eigenvalue weighted by molar-refractivity contribution is 7.99. The Balaban J connectivity index is 2.14. The highest BCUT2D eigenvalue weighted by Crippen LogP contribution is 2.41. The molecule has 0 aliphatic carbocycles. The lowest BCUT2D eigenvalue weighted by atomic mass is 10.2. The molecule has 1 saturated heterocycles. The second kappa shape index (κ2) is 4.64. The number of aromatic nitrogens is 1. The van der Waals surface area contributed by atoms with Crippen LogP contribution < -0.4 is 5.32 Å². The summed E-state index contributed by atoms with van der Waals surface area (Å²) in [5, 5.41) is 5.22. The molecule has 1 aromatic rings. The maximum absolute atomic E-state index is 4.67. The molecule has 14 heavy (non-hydrogen) atoms. The van der Waals surface area contributed by atoms with Gasteiger partial charge in [-0.2, -0.15) is 11.8 Å². The lowest BCUT2D eigenvalue weighted by Crippen LogP contribution is -2.04. The Morgan fingerprint density at radius 2 is 2.43 bits per heavy atom. The van der Waals surface area contributed by atoms with Gasteiger partial charge in [0, 0.05) is 11.4 Å². The average Bonchev–Trinajstić information content (AvgIpc) is 2.76. The van der Waals surface area contributed by atoms with E-state index in [0.29, 0.717) is 5.25 Å². The molecule has 0 radical (unpaired) electrons. The number of nitrogens with zero attached hydrogens (tertiary/aromatic N) is 1. The summed E-state index contributed by atoms with van der Waals surface area (Å²) in [5.41, 5.74) is 1.21. The first kappa shape index (κ1) is 10.5. The molecule has 1 N–H and O–H groups in total. The highest BCUT2D eigenvalue weighted by atomic mass is 32.2. The van der Waals surface area contributed by atoms with Crippen LogP contribution in [-0.2, 0) is 6.54 Å². The minimum absolute atomic E-state index is 0.685. The van der Waals surface area contributed by atoms with Gasteiger partial charge in [0.1, 0.15) is 5.01 Å². The zero-order valence-corrected chi connectivity index (χ0v) is 10.3. The van der Waals surface area contributed by atoms with Gasteiger partial charge in [0.2, 0.25) is 0 Å². The molecule has 2 heterocycles. The SMILES string of the molecule is CNCc1sc(C2CCCS2)nc1C. The van der Waals surface area contributed by atoms with Crippen LogP contribution in [0.4, 0.5) is 0 Å². The predicted octanol–water partition coefficient (Wildman–Crippen LogP) is 2.74. The van der Waals surface area contributed by atoms with E-state index in [1.807, 2.05) is 18.4 Å². The monoisotopic (exact) mass is 228 g/mol. The number of rotatable bonds is 3. The van der Waals surface area contributed by atoms with E-state index in [4.69, 9.17) is 0 Å². The molecule has 1 atom stereocenters. The van der Waals surface area contributed by atoms with Crippen molar-refractivity contribution >= 4 is 23.1 Å². The standard InChI is InChI=1S/C10H16N2S2/c1-7-9(6-11-2)14-10(12-7)8-4-3-5-13-8/h8,11H,3-6H2,1-2H3. The summed E-state index contributed by atoms with van der Waals surface area (Å²) in [7, 11) is 1.99. The van der Waals surface area contributed by atoms with Gasteiger partial charge in [0.25, 0.3) is 0 Å². The van der Waals surface area contributed by atoms with Crippen molar-refractivity contribution < 1.29 is 0 Å². The average molecular weight is 228 g/mol. The van der Waals surface area contributed by atoms with Crippen molar-refractivity contribution in [2.24, 2.45) is 0 Å². The minimum Gasteiger partial charge on any atom is -0.315 e. The van der Waals surface area contributed by atoms with Gasteiger partial charge in [0.15, 0.2) is 0 Å². The van der Waals surface area contributed by atoms with Crippen LogP contribution in [0.15, 0.2) is 0 Å². The summed E-state index contributed by atoms with van der Waals surface area (Å²) in [6.07, 6.45) is 2.67. The number of nitrogens with one attached hydrogen (secondary N) is 1. The van der Waals surface area contributed by atoms with Gasteiger partial charge in [-0.1, -0.05) is 0 Å². The zero-order valence-electron chi connectivity index (χ0n) is 8.67. The van der Waals surface area contributed by atoms with Crippen molar-refractivity contribution in [3.05, 3.63) is 15.6 Å². The van der Waals surface area contributed by atoms with Gasteiger partial charge >= 0.3 is 0 Å². The normalized spacial score (nSPS) is 21.7. The molecule has 0 bridgehead atoms. The largest absolute Gasteiger partial charge is 0.315 e. The van der Waals surface area contributed by atoms with Crippen LogP contribution in [0, 0.1) is 6.92 Å². The van der Waals surface area contributed by atoms with Crippen LogP contribution in [0.2, 0.25) is 0 Å². The Labute approximate surface area is 93.5 Å². The van der Waals surface area contributed by atoms with Gasteiger partial charge in [0.05, 0.1) is 10.9 Å². The molecular weight excluding hydrogens is 212 g/mol. The molecule has 0 spiro atoms. The van der Waals surface area contributed by atoms with Crippen LogP contribution in [0.3, 0.4) is 0 Å². The maximum atomic E-state index is 4.67. The number of aryl methyl sites for hydroxylation is 1. The maximum Gasteiger partial charge on any atom is 0.106 e. The third-order valence-electron chi connectivity index (χ3n) is 2.45. The first-order chi connectivity index (χ1) is 6.81. The molecule has 4 heteroatoms. The van der Waals surface area contributed by atoms with E-state index in [1.165, 1.54) is 34.2 Å². The summed E-state index contributed by atoms with van der Waals surface area (Å²) in [5.74, 6) is 1.31. The van der Waals surface area contributed by atoms with E-state index in [0.717, 1.165) is 6.54 Å². The van der Waals surface area contributed by atoms with E-state index in [9.17, 15) is 0 Å². The van der Waals surface area contributed by atoms with Crippen molar-refractivity contribution in [2.75, 3.05) is 12.8 Å². The summed E-state index contributed by atoms with van der Waals surface area (Å²) >= 11 is 3.95. The zero-order chi connectivity index (χ0) is 9.97. The number of hydrogen-bond acceptors (Lipinski definition) is 4. The second-order valence-corrected chi connectivity index (χ2v) is 6.02. The highest BCUT2D eigenvalue weighted by Gasteiger charge is 2.21. The smallest absolute Gasteiger partial charge is 0.106 e. The Bertz CT molecular complexity index is 303. The van der Waals surface area contributed by atoms with Gasteiger partial charge in [-0.3, -0.25) is 0 Å². The third-order valence-corrected chi connectivity index (χ3v) is 5.26. The van der Waals surface area contributed by atoms with Gasteiger partial charge in [-0.15, -0.1) is 11.3 Å². The van der Waals surface area contributed by atoms with Gasteiger partial charge < -0.3 is 5.32 Å². The number of hydrogen-bond donors (Lipinski definition) is 1. The van der Waals surface area contributed by atoms with Crippen LogP contribution in [0.25, 0.3) is 0 Å². The van der Waals surface area contributed by atoms with Gasteiger partial charge in [-0.25, -0.2) is 4.98 Å². The molecular formula is C10H16N2S2. The lowest BCUT2D eigenvalue weighted by molar-refractivity contribution is 0.813. The third kappa shape index (κ3) is 2.12. The quantitative estimate of drug-likeness (QED) is 0.861. The molecule has 78 valence electrons. The van der Waals surface area contributed by atoms with E-state index in [2.05, 4.69) is 29.0 Å². The minimum atomic E-state index is 0.685. The summed E-state index contributed by atoms with van der Waals surface area (Å²) in [6.45, 7) is 3.08. The fourth-order valence-electron chi connectivity index (χ4n) is 1.69. The van der Waals surface area contributed by atoms with Crippen molar-refractivity contribution in [2.45, 2.75) is 31.6 Å². The molecule has 1 aromatic heterocycles. The topological polar surface area (TPSA) is 24.9 Å². The molecule has 1 unspecified atom stereocenters. The van der Waals surface area contributed by atoms with E-state index < -0.39 is 0 Å². The van der Waals surface area contributed by atoms with Crippen molar-refractivity contribution in [1.82, 2.24) is 10.3 Å². The molecule has 2 rings (SSSR count). The van der Waals surface area contributed by atoms with Crippen LogP contribution >= 0.6 is 23.1 Å². The molecule has 2 nitrogen and oxygen atoms in total. The van der Waals surface area contributed by atoms with Crippen molar-refractivity contribution in [3.8, 4) is 0 Å². The molecule has 1 aliphatic heterocycles. The predicted molar refractivity (Wildman–Crippen MR) is 64.0 cm³/mol. The first-order valence-electron chi connectivity index (χ1n) is 5.03. The molecule has 0 aromatic carbocycles. The van der Waals surface area contributed by atoms with E-state index >= 15 is 0 Å². The van der Waals surface area contributed by atoms with Gasteiger partial charge in [-0.05, 0) is 32.6 Å². The Morgan fingerprint density at radius 1 is 1.57 bits per heavy atom. The van der Waals surface area contributed by atoms with Crippen LogP contribution in [-0.4, -0.2) is 17.8 Å². The van der Waals surface area contributed by atoms with Crippen LogP contribution in [0.5, 0.6) is 0 Å². The Hall–Kier alpha value is -0.0600. The molecule has 0 saturated carbocycles. The number of thiazole rings is 1. The van der Waals surface area contributed by atoms with E-state index in [1.54, 1.807) is 0 Å². The second-order valence-electron chi connectivity index (χ2n) is 3.59. The molecule has 1 aliphatic rings. The van der Waals surface area contributed by atoms with Crippen molar-refractivity contribution in [3.63, 3.8) is 0 Å². The van der Waals surface area contributed by atoms with Crippen LogP contribution in [0.1, 0.15) is 33.7 Å². The molecule has 0 amide bonds. The summed E-state index contributed by atoms with van der Waals surface area (Å²) in [6, 6.07) is 0. The summed E-state index contributed by atoms with van der Waals surface area (Å²) < 4.78 is 0. The summed E-state index contributed by atoms with van der Waals surface area (Å²) in [4.78, 5) is 6.07. The molecule has 1 fully saturated rings. The Morgan fingerprint density at radius 3 is 3.07 bits per heavy atom.